The Hall–Kier alpha value is -2.57. The van der Waals surface area contributed by atoms with Gasteiger partial charge in [-0.15, -0.1) is 0 Å². The van der Waals surface area contributed by atoms with Crippen LogP contribution in [0.1, 0.15) is 91.3 Å². The lowest BCUT2D eigenvalue weighted by atomic mass is 9.98. The molecule has 7 heteroatoms. The van der Waals surface area contributed by atoms with Crippen molar-refractivity contribution in [2.24, 2.45) is 5.92 Å². The summed E-state index contributed by atoms with van der Waals surface area (Å²) in [6.07, 6.45) is 2.31. The maximum atomic E-state index is 13.9. The van der Waals surface area contributed by atoms with Crippen LogP contribution < -0.4 is 10.6 Å². The number of carbonyl (C=O) groups is 3. The van der Waals surface area contributed by atoms with Crippen LogP contribution in [0.25, 0.3) is 0 Å². The second-order valence-electron chi connectivity index (χ2n) is 10.3. The molecule has 0 saturated carbocycles. The average Bonchev–Trinajstić information content (AvgIpc) is 2.71. The number of hydrogen-bond acceptors (Lipinski definition) is 4. The van der Waals surface area contributed by atoms with E-state index in [0.717, 1.165) is 24.0 Å². The van der Waals surface area contributed by atoms with Crippen molar-refractivity contribution in [1.82, 2.24) is 15.5 Å². The van der Waals surface area contributed by atoms with E-state index in [0.29, 0.717) is 25.9 Å². The number of rotatable bonds is 12. The predicted molar refractivity (Wildman–Crippen MR) is 136 cm³/mol. The van der Waals surface area contributed by atoms with Gasteiger partial charge in [0.2, 0.25) is 11.8 Å². The van der Waals surface area contributed by atoms with Gasteiger partial charge in [-0.2, -0.15) is 0 Å². The largest absolute Gasteiger partial charge is 0.444 e. The highest BCUT2D eigenvalue weighted by Gasteiger charge is 2.36. The minimum Gasteiger partial charge on any atom is -0.444 e. The first-order valence-electron chi connectivity index (χ1n) is 12.5. The summed E-state index contributed by atoms with van der Waals surface area (Å²) in [5.41, 5.74) is 1.09. The van der Waals surface area contributed by atoms with E-state index < -0.39 is 23.8 Å². The quantitative estimate of drug-likeness (QED) is 0.410. The van der Waals surface area contributed by atoms with Crippen LogP contribution in [0.15, 0.2) is 24.3 Å². The van der Waals surface area contributed by atoms with E-state index in [1.54, 1.807) is 25.7 Å². The van der Waals surface area contributed by atoms with Crippen molar-refractivity contribution in [3.05, 3.63) is 35.4 Å². The van der Waals surface area contributed by atoms with Crippen LogP contribution in [0.2, 0.25) is 0 Å². The van der Waals surface area contributed by atoms with E-state index >= 15 is 0 Å². The number of hydrogen-bond donors (Lipinski definition) is 2. The molecule has 192 valence electrons. The lowest BCUT2D eigenvalue weighted by Crippen LogP contribution is -2.53. The first-order valence-corrected chi connectivity index (χ1v) is 12.5. The van der Waals surface area contributed by atoms with Crippen LogP contribution in [0.5, 0.6) is 0 Å². The van der Waals surface area contributed by atoms with Crippen molar-refractivity contribution < 1.29 is 19.1 Å². The Morgan fingerprint density at radius 2 is 1.76 bits per heavy atom. The molecule has 0 aliphatic heterocycles. The van der Waals surface area contributed by atoms with Crippen LogP contribution in [0, 0.1) is 12.8 Å². The van der Waals surface area contributed by atoms with Crippen LogP contribution in [-0.2, 0) is 14.3 Å². The van der Waals surface area contributed by atoms with Crippen LogP contribution in [-0.4, -0.2) is 47.5 Å². The maximum absolute atomic E-state index is 13.9. The van der Waals surface area contributed by atoms with Gasteiger partial charge < -0.3 is 20.3 Å². The summed E-state index contributed by atoms with van der Waals surface area (Å²) < 4.78 is 5.41. The first kappa shape index (κ1) is 29.5. The Balaban J connectivity index is 3.36. The van der Waals surface area contributed by atoms with Crippen LogP contribution in [0.4, 0.5) is 4.79 Å². The highest BCUT2D eigenvalue weighted by molar-refractivity contribution is 5.92. The van der Waals surface area contributed by atoms with Crippen LogP contribution in [0.3, 0.4) is 0 Å². The van der Waals surface area contributed by atoms with E-state index in [-0.39, 0.29) is 17.7 Å². The highest BCUT2D eigenvalue weighted by Crippen LogP contribution is 2.25. The van der Waals surface area contributed by atoms with Gasteiger partial charge in [0.15, 0.2) is 0 Å². The zero-order valence-corrected chi connectivity index (χ0v) is 22.4. The van der Waals surface area contributed by atoms with Gasteiger partial charge in [0.05, 0.1) is 0 Å². The van der Waals surface area contributed by atoms with Crippen molar-refractivity contribution in [2.75, 3.05) is 13.1 Å². The highest BCUT2D eigenvalue weighted by atomic mass is 16.6. The fraction of sp³-hybridized carbons (Fsp3) is 0.667. The average molecular weight is 476 g/mol. The summed E-state index contributed by atoms with van der Waals surface area (Å²) in [4.78, 5) is 41.4. The molecule has 0 spiro atoms. The Morgan fingerprint density at radius 1 is 1.09 bits per heavy atom. The fourth-order valence-corrected chi connectivity index (χ4v) is 3.75. The number of nitrogens with one attached hydrogen (secondary N) is 2. The Morgan fingerprint density at radius 3 is 2.29 bits per heavy atom. The Labute approximate surface area is 206 Å². The lowest BCUT2D eigenvalue weighted by molar-refractivity contribution is -0.142. The summed E-state index contributed by atoms with van der Waals surface area (Å²) in [7, 11) is 0. The van der Waals surface area contributed by atoms with E-state index in [1.165, 1.54) is 0 Å². The summed E-state index contributed by atoms with van der Waals surface area (Å²) in [6, 6.07) is 6.12. The third-order valence-corrected chi connectivity index (χ3v) is 5.19. The van der Waals surface area contributed by atoms with Gasteiger partial charge in [0.25, 0.3) is 0 Å². The minimum atomic E-state index is -0.794. The summed E-state index contributed by atoms with van der Waals surface area (Å²) >= 11 is 0. The monoisotopic (exact) mass is 475 g/mol. The van der Waals surface area contributed by atoms with E-state index in [9.17, 15) is 14.4 Å². The Bertz CT molecular complexity index is 801. The van der Waals surface area contributed by atoms with Gasteiger partial charge in [0.1, 0.15) is 17.7 Å². The zero-order valence-electron chi connectivity index (χ0n) is 22.4. The molecule has 1 rings (SSSR count). The molecule has 1 aromatic carbocycles. The third-order valence-electron chi connectivity index (χ3n) is 5.19. The van der Waals surface area contributed by atoms with E-state index in [4.69, 9.17) is 4.74 Å². The second-order valence-corrected chi connectivity index (χ2v) is 10.3. The number of carbonyl (C=O) groups excluding carboxylic acids is 3. The van der Waals surface area contributed by atoms with E-state index in [1.807, 2.05) is 52.0 Å². The molecule has 3 amide bonds. The number of amides is 3. The minimum absolute atomic E-state index is 0.156. The van der Waals surface area contributed by atoms with Gasteiger partial charge in [0, 0.05) is 13.1 Å². The summed E-state index contributed by atoms with van der Waals surface area (Å²) in [5.74, 6) is -0.330. The number of ether oxygens (including phenoxy) is 1. The topological polar surface area (TPSA) is 87.7 Å². The summed E-state index contributed by atoms with van der Waals surface area (Å²) in [5, 5.41) is 5.77. The van der Waals surface area contributed by atoms with Gasteiger partial charge in [-0.3, -0.25) is 9.59 Å². The van der Waals surface area contributed by atoms with Crippen molar-refractivity contribution >= 4 is 17.9 Å². The molecule has 0 bridgehead atoms. The van der Waals surface area contributed by atoms with Crippen molar-refractivity contribution in [2.45, 2.75) is 98.8 Å². The molecule has 2 atom stereocenters. The summed E-state index contributed by atoms with van der Waals surface area (Å²) in [6.45, 7) is 16.3. The molecule has 0 aromatic heterocycles. The third kappa shape index (κ3) is 10.1. The van der Waals surface area contributed by atoms with Crippen molar-refractivity contribution in [3.63, 3.8) is 0 Å². The molecular weight excluding hydrogens is 430 g/mol. The lowest BCUT2D eigenvalue weighted by Gasteiger charge is -2.35. The standard InChI is InChI=1S/C27H45N3O4/c1-9-11-15-28-24(31)23(21-14-12-13-20(5)18-21)30(16-10-2)25(32)22(17-19(3)4)29-26(33)34-27(6,7)8/h12-14,18-19,22-23H,9-11,15-17H2,1-8H3,(H,28,31)(H,29,33). The molecular formula is C27H45N3O4. The first-order chi connectivity index (χ1) is 15.9. The number of unbranched alkanes of at least 4 members (excludes halogenated alkanes) is 1. The predicted octanol–water partition coefficient (Wildman–Crippen LogP) is 5.13. The zero-order chi connectivity index (χ0) is 25.9. The number of benzene rings is 1. The molecule has 0 saturated heterocycles. The number of nitrogens with zero attached hydrogens (tertiary/aromatic N) is 1. The molecule has 0 aliphatic rings. The molecule has 0 radical (unpaired) electrons. The SMILES string of the molecule is CCCCNC(=O)C(c1cccc(C)c1)N(CCC)C(=O)C(CC(C)C)NC(=O)OC(C)(C)C. The molecule has 7 nitrogen and oxygen atoms in total. The van der Waals surface area contributed by atoms with Gasteiger partial charge in [-0.25, -0.2) is 4.79 Å². The molecule has 2 N–H and O–H groups in total. The maximum Gasteiger partial charge on any atom is 0.408 e. The van der Waals surface area contributed by atoms with E-state index in [2.05, 4.69) is 17.6 Å². The van der Waals surface area contributed by atoms with Gasteiger partial charge in [-0.05, 0) is 58.4 Å². The smallest absolute Gasteiger partial charge is 0.408 e. The van der Waals surface area contributed by atoms with Gasteiger partial charge >= 0.3 is 6.09 Å². The van der Waals surface area contributed by atoms with Crippen molar-refractivity contribution in [1.29, 1.82) is 0 Å². The molecule has 0 fully saturated rings. The molecule has 0 heterocycles. The second kappa shape index (κ2) is 14.0. The number of aryl methyl sites for hydroxylation is 1. The Kier molecular flexibility index (Phi) is 12.1. The van der Waals surface area contributed by atoms with Crippen LogP contribution >= 0.6 is 0 Å². The van der Waals surface area contributed by atoms with Crippen molar-refractivity contribution in [3.8, 4) is 0 Å². The molecule has 34 heavy (non-hydrogen) atoms. The molecule has 0 aliphatic carbocycles. The number of alkyl carbamates (subject to hydrolysis) is 1. The normalized spacial score (nSPS) is 13.2. The molecule has 2 unspecified atom stereocenters. The molecule has 1 aromatic rings. The fourth-order valence-electron chi connectivity index (χ4n) is 3.75. The van der Waals surface area contributed by atoms with Gasteiger partial charge in [-0.1, -0.05) is 63.9 Å².